The SMILES string of the molecule is O=[C]c1ccccc1OCCCCC(=O)O. The Bertz CT molecular complexity index is 360. The number of ether oxygens (including phenoxy) is 1. The van der Waals surface area contributed by atoms with Crippen LogP contribution in [0, 0.1) is 0 Å². The second-order valence-corrected chi connectivity index (χ2v) is 3.30. The summed E-state index contributed by atoms with van der Waals surface area (Å²) in [7, 11) is 0. The number of carboxylic acid groups (broad SMARTS) is 1. The first-order chi connectivity index (χ1) is 7.74. The molecule has 1 aromatic rings. The van der Waals surface area contributed by atoms with Gasteiger partial charge in [-0.25, -0.2) is 0 Å². The zero-order chi connectivity index (χ0) is 11.8. The lowest BCUT2D eigenvalue weighted by molar-refractivity contribution is -0.137. The first-order valence-electron chi connectivity index (χ1n) is 5.06. The molecule has 1 rings (SSSR count). The number of para-hydroxylation sites is 1. The maximum Gasteiger partial charge on any atom is 0.303 e. The molecule has 1 radical (unpaired) electrons. The highest BCUT2D eigenvalue weighted by Crippen LogP contribution is 2.15. The first kappa shape index (κ1) is 12.2. The van der Waals surface area contributed by atoms with E-state index in [9.17, 15) is 9.59 Å². The molecule has 0 aliphatic rings. The fraction of sp³-hybridized carbons (Fsp3) is 0.333. The number of carboxylic acids is 1. The van der Waals surface area contributed by atoms with Crippen LogP contribution >= 0.6 is 0 Å². The van der Waals surface area contributed by atoms with Crippen LogP contribution in [0.2, 0.25) is 0 Å². The number of rotatable bonds is 7. The normalized spacial score (nSPS) is 9.75. The third-order valence-electron chi connectivity index (χ3n) is 2.04. The molecule has 0 heterocycles. The molecule has 0 unspecified atom stereocenters. The number of aliphatic carboxylic acids is 1. The van der Waals surface area contributed by atoms with Gasteiger partial charge in [-0.2, -0.15) is 0 Å². The van der Waals surface area contributed by atoms with E-state index < -0.39 is 5.97 Å². The molecule has 0 atom stereocenters. The van der Waals surface area contributed by atoms with Gasteiger partial charge in [0, 0.05) is 6.42 Å². The van der Waals surface area contributed by atoms with Crippen molar-refractivity contribution in [2.75, 3.05) is 6.61 Å². The summed E-state index contributed by atoms with van der Waals surface area (Å²) < 4.78 is 5.35. The van der Waals surface area contributed by atoms with E-state index in [0.29, 0.717) is 30.8 Å². The van der Waals surface area contributed by atoms with E-state index >= 15 is 0 Å². The van der Waals surface area contributed by atoms with Gasteiger partial charge < -0.3 is 9.84 Å². The Kier molecular flexibility index (Phi) is 5.05. The molecule has 0 saturated heterocycles. The molecular formula is C12H13O4. The summed E-state index contributed by atoms with van der Waals surface area (Å²) in [5.41, 5.74) is 0.390. The third-order valence-corrected chi connectivity index (χ3v) is 2.04. The van der Waals surface area contributed by atoms with E-state index in [1.807, 2.05) is 0 Å². The second kappa shape index (κ2) is 6.61. The molecule has 1 aromatic carbocycles. The zero-order valence-corrected chi connectivity index (χ0v) is 8.81. The fourth-order valence-corrected chi connectivity index (χ4v) is 1.24. The lowest BCUT2D eigenvalue weighted by Gasteiger charge is -2.06. The molecule has 0 bridgehead atoms. The van der Waals surface area contributed by atoms with Crippen LogP contribution in [0.15, 0.2) is 24.3 Å². The van der Waals surface area contributed by atoms with E-state index in [1.54, 1.807) is 30.6 Å². The van der Waals surface area contributed by atoms with Gasteiger partial charge in [0.15, 0.2) is 0 Å². The summed E-state index contributed by atoms with van der Waals surface area (Å²) in [6.07, 6.45) is 3.15. The summed E-state index contributed by atoms with van der Waals surface area (Å²) >= 11 is 0. The third kappa shape index (κ3) is 4.13. The van der Waals surface area contributed by atoms with Crippen LogP contribution < -0.4 is 4.74 Å². The van der Waals surface area contributed by atoms with Gasteiger partial charge in [-0.05, 0) is 25.0 Å². The Morgan fingerprint density at radius 2 is 2.06 bits per heavy atom. The molecule has 0 aromatic heterocycles. The summed E-state index contributed by atoms with van der Waals surface area (Å²) in [6, 6.07) is 6.82. The van der Waals surface area contributed by atoms with Crippen LogP contribution in [-0.2, 0) is 9.59 Å². The molecule has 0 aliphatic carbocycles. The lowest BCUT2D eigenvalue weighted by atomic mass is 10.2. The van der Waals surface area contributed by atoms with Crippen LogP contribution in [0.5, 0.6) is 5.75 Å². The molecule has 4 heteroatoms. The van der Waals surface area contributed by atoms with Gasteiger partial charge in [-0.15, -0.1) is 0 Å². The smallest absolute Gasteiger partial charge is 0.303 e. The van der Waals surface area contributed by atoms with Crippen LogP contribution in [-0.4, -0.2) is 24.0 Å². The van der Waals surface area contributed by atoms with Crippen molar-refractivity contribution in [1.82, 2.24) is 0 Å². The molecular weight excluding hydrogens is 208 g/mol. The monoisotopic (exact) mass is 221 g/mol. The van der Waals surface area contributed by atoms with Crippen LogP contribution in [0.4, 0.5) is 0 Å². The van der Waals surface area contributed by atoms with E-state index in [4.69, 9.17) is 9.84 Å². The van der Waals surface area contributed by atoms with Crippen molar-refractivity contribution < 1.29 is 19.4 Å². The maximum atomic E-state index is 10.5. The highest BCUT2D eigenvalue weighted by molar-refractivity contribution is 5.79. The van der Waals surface area contributed by atoms with E-state index in [0.717, 1.165) is 0 Å². The Labute approximate surface area is 93.9 Å². The highest BCUT2D eigenvalue weighted by Gasteiger charge is 2.02. The van der Waals surface area contributed by atoms with E-state index in [2.05, 4.69) is 0 Å². The molecule has 16 heavy (non-hydrogen) atoms. The Hall–Kier alpha value is -1.84. The molecule has 4 nitrogen and oxygen atoms in total. The largest absolute Gasteiger partial charge is 0.493 e. The molecule has 0 fully saturated rings. The van der Waals surface area contributed by atoms with Crippen molar-refractivity contribution in [3.8, 4) is 5.75 Å². The van der Waals surface area contributed by atoms with Crippen molar-refractivity contribution in [2.45, 2.75) is 19.3 Å². The summed E-state index contributed by atoms with van der Waals surface area (Å²) in [5.74, 6) is -0.311. The Morgan fingerprint density at radius 3 is 2.75 bits per heavy atom. The number of benzene rings is 1. The van der Waals surface area contributed by atoms with Crippen LogP contribution in [0.25, 0.3) is 0 Å². The number of carbonyl (C=O) groups excluding carboxylic acids is 1. The van der Waals surface area contributed by atoms with Crippen molar-refractivity contribution in [3.05, 3.63) is 29.8 Å². The Morgan fingerprint density at radius 1 is 1.31 bits per heavy atom. The fourth-order valence-electron chi connectivity index (χ4n) is 1.24. The molecule has 1 N–H and O–H groups in total. The summed E-state index contributed by atoms with van der Waals surface area (Å²) in [4.78, 5) is 20.8. The average molecular weight is 221 g/mol. The summed E-state index contributed by atoms with van der Waals surface area (Å²) in [6.45, 7) is 0.409. The number of carbonyl (C=O) groups is 1. The van der Waals surface area contributed by atoms with Crippen molar-refractivity contribution in [3.63, 3.8) is 0 Å². The number of hydrogen-bond acceptors (Lipinski definition) is 3. The van der Waals surface area contributed by atoms with Gasteiger partial charge in [0.1, 0.15) is 5.75 Å². The lowest BCUT2D eigenvalue weighted by Crippen LogP contribution is -2.01. The van der Waals surface area contributed by atoms with Gasteiger partial charge in [0.05, 0.1) is 12.2 Å². The minimum atomic E-state index is -0.804. The molecule has 85 valence electrons. The predicted octanol–water partition coefficient (Wildman–Crippen LogP) is 1.78. The van der Waals surface area contributed by atoms with Crippen molar-refractivity contribution in [2.24, 2.45) is 0 Å². The van der Waals surface area contributed by atoms with Gasteiger partial charge in [-0.1, -0.05) is 12.1 Å². The maximum absolute atomic E-state index is 10.5. The van der Waals surface area contributed by atoms with Crippen molar-refractivity contribution >= 4 is 12.3 Å². The van der Waals surface area contributed by atoms with E-state index in [1.165, 1.54) is 0 Å². The van der Waals surface area contributed by atoms with Gasteiger partial charge in [-0.3, -0.25) is 9.59 Å². The first-order valence-corrected chi connectivity index (χ1v) is 5.06. The van der Waals surface area contributed by atoms with E-state index in [-0.39, 0.29) is 6.42 Å². The quantitative estimate of drug-likeness (QED) is 0.713. The van der Waals surface area contributed by atoms with Crippen LogP contribution in [0.1, 0.15) is 24.8 Å². The Balaban J connectivity index is 2.31. The van der Waals surface area contributed by atoms with Crippen LogP contribution in [0.3, 0.4) is 0 Å². The minimum Gasteiger partial charge on any atom is -0.493 e. The molecule has 0 saturated carbocycles. The highest BCUT2D eigenvalue weighted by atomic mass is 16.5. The number of unbranched alkanes of at least 4 members (excludes halogenated alkanes) is 1. The average Bonchev–Trinajstić information content (AvgIpc) is 2.29. The topological polar surface area (TPSA) is 63.6 Å². The van der Waals surface area contributed by atoms with Gasteiger partial charge in [0.2, 0.25) is 6.29 Å². The second-order valence-electron chi connectivity index (χ2n) is 3.30. The minimum absolute atomic E-state index is 0.144. The molecule has 0 amide bonds. The van der Waals surface area contributed by atoms with Gasteiger partial charge >= 0.3 is 5.97 Å². The summed E-state index contributed by atoms with van der Waals surface area (Å²) in [5, 5.41) is 8.42. The van der Waals surface area contributed by atoms with Crippen molar-refractivity contribution in [1.29, 1.82) is 0 Å². The zero-order valence-electron chi connectivity index (χ0n) is 8.81. The standard InChI is InChI=1S/C12H13O4/c13-9-10-5-1-2-6-11(10)16-8-4-3-7-12(14)15/h1-2,5-6H,3-4,7-8H2,(H,14,15). The van der Waals surface area contributed by atoms with Gasteiger partial charge in [0.25, 0.3) is 0 Å². The molecule has 0 spiro atoms. The predicted molar refractivity (Wildman–Crippen MR) is 58.2 cm³/mol. The molecule has 0 aliphatic heterocycles. The number of hydrogen-bond donors (Lipinski definition) is 1.